The Kier molecular flexibility index (Phi) is 7.26. The van der Waals surface area contributed by atoms with Crippen molar-refractivity contribution in [3.8, 4) is 5.69 Å². The number of amides is 3. The summed E-state index contributed by atoms with van der Waals surface area (Å²) in [5.41, 5.74) is 1.62. The number of hydrogen-bond donors (Lipinski definition) is 2. The smallest absolute Gasteiger partial charge is 0.249 e. The first kappa shape index (κ1) is 25.3. The molecular formula is C26H35N5O3S. The number of carbonyl (C=O) groups is 3. The Balaban J connectivity index is 1.61. The van der Waals surface area contributed by atoms with Gasteiger partial charge >= 0.3 is 0 Å². The minimum absolute atomic E-state index is 0.0977. The van der Waals surface area contributed by atoms with Gasteiger partial charge in [-0.1, -0.05) is 32.0 Å². The third-order valence-corrected chi connectivity index (χ3v) is 8.46. The van der Waals surface area contributed by atoms with Gasteiger partial charge in [0, 0.05) is 16.7 Å². The van der Waals surface area contributed by atoms with Crippen LogP contribution in [0.5, 0.6) is 0 Å². The van der Waals surface area contributed by atoms with Crippen LogP contribution in [-0.4, -0.2) is 54.6 Å². The number of rotatable bonds is 6. The standard InChI is InChI=1S/C26H35N5O3S/c1-6-16(2)23(32)27-19-13-10-14-21-30(25(19)34)22(26(4,5)35-21)24(33)28-20-15-17(3)29-31(20)18-11-8-7-9-12-18/h7-9,11-12,15-16,19,21-22H,6,10,13-14H2,1-5H3,(H,27,32)(H,28,33)/t16-,19?,21+,22-/m1/s1. The zero-order chi connectivity index (χ0) is 25.3. The molecule has 2 aromatic rings. The van der Waals surface area contributed by atoms with Crippen molar-refractivity contribution in [1.82, 2.24) is 20.0 Å². The van der Waals surface area contributed by atoms with Crippen molar-refractivity contribution >= 4 is 35.3 Å². The second-order valence-corrected chi connectivity index (χ2v) is 11.9. The van der Waals surface area contributed by atoms with Crippen LogP contribution in [0.25, 0.3) is 5.69 Å². The molecule has 3 amide bonds. The summed E-state index contributed by atoms with van der Waals surface area (Å²) in [6.07, 6.45) is 2.90. The fourth-order valence-electron chi connectivity index (χ4n) is 4.86. The SMILES string of the molecule is CC[C@@H](C)C(=O)NC1CCC[C@@H]2SC(C)(C)[C@@H](C(=O)Nc3cc(C)nn3-c3ccccc3)N2C1=O. The van der Waals surface area contributed by atoms with Gasteiger partial charge in [0.2, 0.25) is 17.7 Å². The molecule has 0 radical (unpaired) electrons. The Morgan fingerprint density at radius 3 is 2.63 bits per heavy atom. The maximum Gasteiger partial charge on any atom is 0.249 e. The van der Waals surface area contributed by atoms with Gasteiger partial charge in [0.05, 0.1) is 16.8 Å². The van der Waals surface area contributed by atoms with Gasteiger partial charge < -0.3 is 15.5 Å². The van der Waals surface area contributed by atoms with E-state index in [1.54, 1.807) is 21.3 Å². The van der Waals surface area contributed by atoms with Crippen molar-refractivity contribution in [2.24, 2.45) is 5.92 Å². The topological polar surface area (TPSA) is 96.3 Å². The summed E-state index contributed by atoms with van der Waals surface area (Å²) in [6.45, 7) is 9.72. The Morgan fingerprint density at radius 1 is 1.23 bits per heavy atom. The number of nitrogens with one attached hydrogen (secondary N) is 2. The molecular weight excluding hydrogens is 462 g/mol. The first-order valence-electron chi connectivity index (χ1n) is 12.4. The van der Waals surface area contributed by atoms with E-state index in [0.29, 0.717) is 18.7 Å². The molecule has 0 spiro atoms. The number of thioether (sulfide) groups is 1. The summed E-state index contributed by atoms with van der Waals surface area (Å²) < 4.78 is 1.22. The summed E-state index contributed by atoms with van der Waals surface area (Å²) in [4.78, 5) is 41.8. The van der Waals surface area contributed by atoms with Gasteiger partial charge in [-0.2, -0.15) is 5.10 Å². The van der Waals surface area contributed by atoms with Crippen LogP contribution in [0.15, 0.2) is 36.4 Å². The maximum absolute atomic E-state index is 13.8. The number of carbonyl (C=O) groups excluding carboxylic acids is 3. The summed E-state index contributed by atoms with van der Waals surface area (Å²) >= 11 is 1.66. The molecule has 2 fully saturated rings. The zero-order valence-electron chi connectivity index (χ0n) is 21.1. The molecule has 2 N–H and O–H groups in total. The third-order valence-electron chi connectivity index (χ3n) is 6.89. The van der Waals surface area contributed by atoms with E-state index in [0.717, 1.165) is 24.2 Å². The third kappa shape index (κ3) is 5.10. The molecule has 3 heterocycles. The Morgan fingerprint density at radius 2 is 1.94 bits per heavy atom. The second kappa shape index (κ2) is 10.0. The summed E-state index contributed by atoms with van der Waals surface area (Å²) in [5.74, 6) is -0.128. The van der Waals surface area contributed by atoms with E-state index in [2.05, 4.69) is 15.7 Å². The molecule has 188 valence electrons. The van der Waals surface area contributed by atoms with Gasteiger partial charge in [0.25, 0.3) is 0 Å². The summed E-state index contributed by atoms with van der Waals surface area (Å²) in [6, 6.07) is 10.2. The lowest BCUT2D eigenvalue weighted by Crippen LogP contribution is -2.57. The van der Waals surface area contributed by atoms with E-state index in [4.69, 9.17) is 0 Å². The summed E-state index contributed by atoms with van der Waals surface area (Å²) in [7, 11) is 0. The van der Waals surface area contributed by atoms with Crippen LogP contribution in [0, 0.1) is 12.8 Å². The van der Waals surface area contributed by atoms with E-state index in [1.807, 2.05) is 71.0 Å². The number of aryl methyl sites for hydroxylation is 1. The van der Waals surface area contributed by atoms with Gasteiger partial charge in [-0.25, -0.2) is 4.68 Å². The van der Waals surface area contributed by atoms with Crippen molar-refractivity contribution in [1.29, 1.82) is 0 Å². The van der Waals surface area contributed by atoms with Gasteiger partial charge in [-0.15, -0.1) is 11.8 Å². The van der Waals surface area contributed by atoms with E-state index in [-0.39, 0.29) is 29.0 Å². The van der Waals surface area contributed by atoms with E-state index in [1.165, 1.54) is 0 Å². The fourth-order valence-corrected chi connectivity index (χ4v) is 6.54. The van der Waals surface area contributed by atoms with Crippen LogP contribution < -0.4 is 10.6 Å². The van der Waals surface area contributed by atoms with Crippen molar-refractivity contribution < 1.29 is 14.4 Å². The highest BCUT2D eigenvalue weighted by Gasteiger charge is 2.54. The molecule has 2 aliphatic rings. The second-order valence-electron chi connectivity index (χ2n) is 10.0. The molecule has 4 atom stereocenters. The van der Waals surface area contributed by atoms with Gasteiger partial charge in [0.15, 0.2) is 0 Å². The monoisotopic (exact) mass is 497 g/mol. The van der Waals surface area contributed by atoms with E-state index < -0.39 is 16.8 Å². The molecule has 1 aromatic carbocycles. The first-order valence-corrected chi connectivity index (χ1v) is 13.2. The van der Waals surface area contributed by atoms with Crippen molar-refractivity contribution in [2.75, 3.05) is 5.32 Å². The number of aromatic nitrogens is 2. The summed E-state index contributed by atoms with van der Waals surface area (Å²) in [5, 5.41) is 10.5. The lowest BCUT2D eigenvalue weighted by Gasteiger charge is -2.33. The van der Waals surface area contributed by atoms with Crippen LogP contribution in [-0.2, 0) is 14.4 Å². The number of benzene rings is 1. The number of anilines is 1. The quantitative estimate of drug-likeness (QED) is 0.631. The van der Waals surface area contributed by atoms with Crippen molar-refractivity contribution in [2.45, 2.75) is 82.5 Å². The molecule has 0 bridgehead atoms. The van der Waals surface area contributed by atoms with Gasteiger partial charge in [0.1, 0.15) is 17.9 Å². The Labute approximate surface area is 211 Å². The predicted molar refractivity (Wildman–Crippen MR) is 138 cm³/mol. The zero-order valence-corrected chi connectivity index (χ0v) is 21.9. The van der Waals surface area contributed by atoms with Crippen LogP contribution in [0.3, 0.4) is 0 Å². The molecule has 0 saturated carbocycles. The highest BCUT2D eigenvalue weighted by atomic mass is 32.2. The molecule has 9 heteroatoms. The maximum atomic E-state index is 13.8. The van der Waals surface area contributed by atoms with Gasteiger partial charge in [-0.05, 0) is 58.6 Å². The number of nitrogens with zero attached hydrogens (tertiary/aromatic N) is 3. The largest absolute Gasteiger partial charge is 0.344 e. The average Bonchev–Trinajstić information content (AvgIpc) is 3.28. The number of para-hydroxylation sites is 1. The number of fused-ring (bicyclic) bond motifs is 1. The van der Waals surface area contributed by atoms with Crippen LogP contribution in [0.2, 0.25) is 0 Å². The van der Waals surface area contributed by atoms with Gasteiger partial charge in [-0.3, -0.25) is 14.4 Å². The fraction of sp³-hybridized carbons (Fsp3) is 0.538. The molecule has 1 aromatic heterocycles. The minimum atomic E-state index is -0.675. The minimum Gasteiger partial charge on any atom is -0.344 e. The van der Waals surface area contributed by atoms with E-state index in [9.17, 15) is 14.4 Å². The van der Waals surface area contributed by atoms with E-state index >= 15 is 0 Å². The lowest BCUT2D eigenvalue weighted by molar-refractivity contribution is -0.142. The molecule has 4 rings (SSSR count). The number of hydrogen-bond acceptors (Lipinski definition) is 5. The Bertz CT molecular complexity index is 1100. The molecule has 2 saturated heterocycles. The van der Waals surface area contributed by atoms with Crippen LogP contribution in [0.4, 0.5) is 5.82 Å². The normalized spacial score (nSPS) is 24.4. The van der Waals surface area contributed by atoms with Crippen LogP contribution >= 0.6 is 11.8 Å². The van der Waals surface area contributed by atoms with Crippen molar-refractivity contribution in [3.63, 3.8) is 0 Å². The van der Waals surface area contributed by atoms with Crippen LogP contribution in [0.1, 0.15) is 59.1 Å². The molecule has 8 nitrogen and oxygen atoms in total. The highest BCUT2D eigenvalue weighted by molar-refractivity contribution is 8.01. The average molecular weight is 498 g/mol. The lowest BCUT2D eigenvalue weighted by atomic mass is 9.99. The first-order chi connectivity index (χ1) is 16.6. The Hall–Kier alpha value is -2.81. The van der Waals surface area contributed by atoms with Crippen molar-refractivity contribution in [3.05, 3.63) is 42.1 Å². The molecule has 35 heavy (non-hydrogen) atoms. The molecule has 1 unspecified atom stereocenters. The highest BCUT2D eigenvalue weighted by Crippen LogP contribution is 2.48. The predicted octanol–water partition coefficient (Wildman–Crippen LogP) is 3.88. The molecule has 0 aliphatic carbocycles. The molecule has 2 aliphatic heterocycles.